The highest BCUT2D eigenvalue weighted by atomic mass is 79.9. The molecule has 2 nitrogen and oxygen atoms in total. The van der Waals surface area contributed by atoms with Crippen LogP contribution >= 0.6 is 15.9 Å². The summed E-state index contributed by atoms with van der Waals surface area (Å²) in [6, 6.07) is 4.92. The molecule has 2 rings (SSSR count). The van der Waals surface area contributed by atoms with E-state index in [1.165, 1.54) is 6.07 Å². The van der Waals surface area contributed by atoms with Gasteiger partial charge in [0.15, 0.2) is 0 Å². The van der Waals surface area contributed by atoms with Gasteiger partial charge in [0.1, 0.15) is 0 Å². The second kappa shape index (κ2) is 5.10. The van der Waals surface area contributed by atoms with E-state index in [1.807, 2.05) is 6.07 Å². The van der Waals surface area contributed by atoms with Gasteiger partial charge in [-0.25, -0.2) is 8.78 Å². The maximum Gasteiger partial charge on any atom is 0.263 e. The molecule has 0 atom stereocenters. The monoisotopic (exact) mass is 290 g/mol. The third kappa shape index (κ3) is 2.71. The number of nitrogens with zero attached hydrogens (tertiary/aromatic N) is 1. The fourth-order valence-electron chi connectivity index (χ4n) is 1.83. The predicted octanol–water partition coefficient (Wildman–Crippen LogP) is 2.80. The molecule has 0 bridgehead atoms. The predicted molar refractivity (Wildman–Crippen MR) is 64.2 cm³/mol. The number of nitrogens with one attached hydrogen (secondary N) is 1. The molecular formula is C11H13BrF2N2. The van der Waals surface area contributed by atoms with Crippen LogP contribution in [0.5, 0.6) is 0 Å². The first-order valence-electron chi connectivity index (χ1n) is 5.21. The maximum absolute atomic E-state index is 12.6. The molecule has 1 aliphatic rings. The van der Waals surface area contributed by atoms with Gasteiger partial charge in [0, 0.05) is 41.9 Å². The minimum absolute atomic E-state index is 0.0721. The molecule has 1 aliphatic heterocycles. The molecule has 1 aromatic rings. The van der Waals surface area contributed by atoms with Crippen LogP contribution in [0.4, 0.5) is 14.5 Å². The van der Waals surface area contributed by atoms with Gasteiger partial charge < -0.3 is 10.2 Å². The van der Waals surface area contributed by atoms with Crippen molar-refractivity contribution in [2.24, 2.45) is 0 Å². The van der Waals surface area contributed by atoms with Crippen molar-refractivity contribution in [2.75, 3.05) is 31.1 Å². The molecule has 0 spiro atoms. The summed E-state index contributed by atoms with van der Waals surface area (Å²) in [5.41, 5.74) is 0.939. The van der Waals surface area contributed by atoms with Crippen molar-refractivity contribution in [1.82, 2.24) is 5.32 Å². The van der Waals surface area contributed by atoms with Crippen LogP contribution < -0.4 is 10.2 Å². The van der Waals surface area contributed by atoms with Crippen LogP contribution in [-0.2, 0) is 0 Å². The molecule has 0 radical (unpaired) electrons. The maximum atomic E-state index is 12.6. The summed E-state index contributed by atoms with van der Waals surface area (Å²) in [5.74, 6) is 0. The zero-order chi connectivity index (χ0) is 11.5. The third-order valence-corrected chi connectivity index (χ3v) is 3.10. The Morgan fingerprint density at radius 1 is 1.19 bits per heavy atom. The summed E-state index contributed by atoms with van der Waals surface area (Å²) in [4.78, 5) is 2.12. The van der Waals surface area contributed by atoms with Crippen molar-refractivity contribution in [3.05, 3.63) is 28.2 Å². The van der Waals surface area contributed by atoms with Gasteiger partial charge in [0.25, 0.3) is 6.43 Å². The molecule has 1 aromatic carbocycles. The summed E-state index contributed by atoms with van der Waals surface area (Å²) in [6.07, 6.45) is -2.42. The summed E-state index contributed by atoms with van der Waals surface area (Å²) < 4.78 is 26.0. The molecule has 16 heavy (non-hydrogen) atoms. The fourth-order valence-corrected chi connectivity index (χ4v) is 2.33. The van der Waals surface area contributed by atoms with Crippen LogP contribution in [0, 0.1) is 0 Å². The first-order valence-corrected chi connectivity index (χ1v) is 6.00. The fraction of sp³-hybridized carbons (Fsp3) is 0.455. The highest BCUT2D eigenvalue weighted by Gasteiger charge is 2.14. The summed E-state index contributed by atoms with van der Waals surface area (Å²) in [6.45, 7) is 3.52. The molecule has 0 aliphatic carbocycles. The molecular weight excluding hydrogens is 278 g/mol. The quantitative estimate of drug-likeness (QED) is 0.901. The summed E-state index contributed by atoms with van der Waals surface area (Å²) >= 11 is 3.27. The van der Waals surface area contributed by atoms with Crippen molar-refractivity contribution in [3.63, 3.8) is 0 Å². The Morgan fingerprint density at radius 2 is 1.88 bits per heavy atom. The van der Waals surface area contributed by atoms with Crippen molar-refractivity contribution < 1.29 is 8.78 Å². The molecule has 0 amide bonds. The molecule has 1 saturated heterocycles. The zero-order valence-corrected chi connectivity index (χ0v) is 10.3. The van der Waals surface area contributed by atoms with Crippen LogP contribution in [0.25, 0.3) is 0 Å². The lowest BCUT2D eigenvalue weighted by atomic mass is 10.2. The number of rotatable bonds is 2. The Kier molecular flexibility index (Phi) is 3.76. The van der Waals surface area contributed by atoms with Gasteiger partial charge in [-0.05, 0) is 18.2 Å². The lowest BCUT2D eigenvalue weighted by Crippen LogP contribution is -2.43. The van der Waals surface area contributed by atoms with E-state index in [0.717, 1.165) is 31.9 Å². The Balaban J connectivity index is 2.25. The second-order valence-electron chi connectivity index (χ2n) is 3.78. The Bertz CT molecular complexity index is 365. The smallest absolute Gasteiger partial charge is 0.263 e. The first-order chi connectivity index (χ1) is 7.66. The van der Waals surface area contributed by atoms with Crippen molar-refractivity contribution in [2.45, 2.75) is 6.43 Å². The van der Waals surface area contributed by atoms with Gasteiger partial charge in [0.05, 0.1) is 0 Å². The average molecular weight is 291 g/mol. The first kappa shape index (κ1) is 11.8. The van der Waals surface area contributed by atoms with Crippen LogP contribution in [0.3, 0.4) is 0 Å². The molecule has 5 heteroatoms. The third-order valence-electron chi connectivity index (χ3n) is 2.64. The van der Waals surface area contributed by atoms with E-state index in [1.54, 1.807) is 6.07 Å². The molecule has 0 unspecified atom stereocenters. The molecule has 1 heterocycles. The lowest BCUT2D eigenvalue weighted by molar-refractivity contribution is 0.151. The Morgan fingerprint density at radius 3 is 2.50 bits per heavy atom. The van der Waals surface area contributed by atoms with E-state index >= 15 is 0 Å². The second-order valence-corrected chi connectivity index (χ2v) is 4.70. The number of anilines is 1. The van der Waals surface area contributed by atoms with Gasteiger partial charge in [-0.15, -0.1) is 0 Å². The van der Waals surface area contributed by atoms with Crippen LogP contribution in [0.2, 0.25) is 0 Å². The highest BCUT2D eigenvalue weighted by molar-refractivity contribution is 9.10. The van der Waals surface area contributed by atoms with Crippen LogP contribution in [0.1, 0.15) is 12.0 Å². The number of benzene rings is 1. The van der Waals surface area contributed by atoms with Crippen LogP contribution in [-0.4, -0.2) is 26.2 Å². The van der Waals surface area contributed by atoms with Crippen molar-refractivity contribution in [1.29, 1.82) is 0 Å². The van der Waals surface area contributed by atoms with Crippen molar-refractivity contribution in [3.8, 4) is 0 Å². The van der Waals surface area contributed by atoms with Gasteiger partial charge in [-0.3, -0.25) is 0 Å². The van der Waals surface area contributed by atoms with E-state index < -0.39 is 6.43 Å². The number of hydrogen-bond acceptors (Lipinski definition) is 2. The van der Waals surface area contributed by atoms with Crippen LogP contribution in [0.15, 0.2) is 22.7 Å². The number of alkyl halides is 2. The van der Waals surface area contributed by atoms with E-state index in [2.05, 4.69) is 26.1 Å². The molecule has 0 saturated carbocycles. The lowest BCUT2D eigenvalue weighted by Gasteiger charge is -2.30. The van der Waals surface area contributed by atoms with E-state index in [4.69, 9.17) is 0 Å². The zero-order valence-electron chi connectivity index (χ0n) is 8.72. The molecule has 1 fully saturated rings. The summed E-state index contributed by atoms with van der Waals surface area (Å²) in [7, 11) is 0. The van der Waals surface area contributed by atoms with Gasteiger partial charge in [-0.1, -0.05) is 15.9 Å². The summed E-state index contributed by atoms with van der Waals surface area (Å²) in [5, 5.41) is 3.23. The minimum atomic E-state index is -2.42. The Hall–Kier alpha value is -0.680. The Labute approximate surface area is 102 Å². The SMILES string of the molecule is FC(F)c1cc(Br)cc(N2CCNCC2)c1. The number of halogens is 3. The normalized spacial score (nSPS) is 16.9. The molecule has 1 N–H and O–H groups in total. The standard InChI is InChI=1S/C11H13BrF2N2/c12-9-5-8(11(13)14)6-10(7-9)16-3-1-15-2-4-16/h5-7,11,15H,1-4H2. The average Bonchev–Trinajstić information content (AvgIpc) is 2.29. The molecule has 0 aromatic heterocycles. The van der Waals surface area contributed by atoms with E-state index in [9.17, 15) is 8.78 Å². The number of hydrogen-bond donors (Lipinski definition) is 1. The minimum Gasteiger partial charge on any atom is -0.369 e. The van der Waals surface area contributed by atoms with E-state index in [-0.39, 0.29) is 5.56 Å². The highest BCUT2D eigenvalue weighted by Crippen LogP contribution is 2.28. The van der Waals surface area contributed by atoms with Gasteiger partial charge >= 0.3 is 0 Å². The van der Waals surface area contributed by atoms with Crippen molar-refractivity contribution >= 4 is 21.6 Å². The van der Waals surface area contributed by atoms with Gasteiger partial charge in [0.2, 0.25) is 0 Å². The molecule has 88 valence electrons. The topological polar surface area (TPSA) is 15.3 Å². The van der Waals surface area contributed by atoms with Gasteiger partial charge in [-0.2, -0.15) is 0 Å². The largest absolute Gasteiger partial charge is 0.369 e. The number of piperazine rings is 1. The van der Waals surface area contributed by atoms with E-state index in [0.29, 0.717) is 4.47 Å².